The van der Waals surface area contributed by atoms with E-state index in [1.54, 1.807) is 16.8 Å². The van der Waals surface area contributed by atoms with E-state index >= 15 is 0 Å². The molecule has 0 unspecified atom stereocenters. The zero-order valence-electron chi connectivity index (χ0n) is 13.4. The van der Waals surface area contributed by atoms with Gasteiger partial charge in [-0.05, 0) is 36.8 Å². The summed E-state index contributed by atoms with van der Waals surface area (Å²) in [6, 6.07) is 11.5. The molecule has 0 fully saturated rings. The van der Waals surface area contributed by atoms with Crippen LogP contribution in [0.25, 0.3) is 28.4 Å². The topological polar surface area (TPSA) is 68.6 Å². The van der Waals surface area contributed by atoms with Gasteiger partial charge in [-0.1, -0.05) is 35.3 Å². The van der Waals surface area contributed by atoms with Gasteiger partial charge in [0, 0.05) is 5.56 Å². The largest absolute Gasteiger partial charge is 0.466 e. The van der Waals surface area contributed by atoms with Crippen LogP contribution in [-0.2, 0) is 0 Å². The normalized spacial score (nSPS) is 11.2. The summed E-state index contributed by atoms with van der Waals surface area (Å²) in [7, 11) is 1.50. The summed E-state index contributed by atoms with van der Waals surface area (Å²) in [5, 5.41) is 5.19. The number of H-pyrrole nitrogens is 1. The fourth-order valence-electron chi connectivity index (χ4n) is 2.59. The van der Waals surface area contributed by atoms with Crippen LogP contribution < -0.4 is 4.74 Å². The number of ether oxygens (including phenoxy) is 1. The van der Waals surface area contributed by atoms with Crippen LogP contribution in [0, 0.1) is 6.92 Å². The highest BCUT2D eigenvalue weighted by molar-refractivity contribution is 6.43. The number of methoxy groups -OCH3 is 1. The lowest BCUT2D eigenvalue weighted by Crippen LogP contribution is -2.02. The Labute approximate surface area is 153 Å². The summed E-state index contributed by atoms with van der Waals surface area (Å²) in [5.74, 6) is 1.00. The van der Waals surface area contributed by atoms with Gasteiger partial charge in [-0.15, -0.1) is 5.10 Å². The Hall–Kier alpha value is -2.57. The van der Waals surface area contributed by atoms with Crippen LogP contribution >= 0.6 is 23.2 Å². The minimum absolute atomic E-state index is 0.211. The molecule has 0 aliphatic rings. The van der Waals surface area contributed by atoms with Crippen LogP contribution in [0.15, 0.2) is 36.4 Å². The van der Waals surface area contributed by atoms with E-state index < -0.39 is 0 Å². The highest BCUT2D eigenvalue weighted by atomic mass is 35.5. The maximum Gasteiger partial charge on any atom is 0.336 e. The molecule has 0 spiro atoms. The third-order valence-corrected chi connectivity index (χ3v) is 4.61. The molecule has 0 radical (unpaired) electrons. The molecule has 6 nitrogen and oxygen atoms in total. The van der Waals surface area contributed by atoms with Crippen LogP contribution in [0.1, 0.15) is 5.56 Å². The smallest absolute Gasteiger partial charge is 0.336 e. The molecule has 2 aromatic heterocycles. The number of fused-ring (bicyclic) bond motifs is 1. The van der Waals surface area contributed by atoms with Crippen molar-refractivity contribution in [3.05, 3.63) is 52.0 Å². The highest BCUT2D eigenvalue weighted by Crippen LogP contribution is 2.34. The first kappa shape index (κ1) is 15.9. The lowest BCUT2D eigenvalue weighted by atomic mass is 10.2. The number of rotatable bonds is 3. The Morgan fingerprint density at radius 3 is 2.76 bits per heavy atom. The third kappa shape index (κ3) is 2.73. The first-order chi connectivity index (χ1) is 12.1. The van der Waals surface area contributed by atoms with Gasteiger partial charge in [-0.3, -0.25) is 0 Å². The van der Waals surface area contributed by atoms with Crippen molar-refractivity contribution in [3.63, 3.8) is 0 Å². The number of benzene rings is 2. The number of aryl methyl sites for hydroxylation is 1. The van der Waals surface area contributed by atoms with Crippen LogP contribution in [0.4, 0.5) is 0 Å². The molecule has 0 amide bonds. The van der Waals surface area contributed by atoms with Crippen molar-refractivity contribution in [1.82, 2.24) is 24.7 Å². The van der Waals surface area contributed by atoms with E-state index in [-0.39, 0.29) is 6.01 Å². The molecule has 126 valence electrons. The summed E-state index contributed by atoms with van der Waals surface area (Å²) in [5.41, 5.74) is 3.52. The minimum Gasteiger partial charge on any atom is -0.466 e. The quantitative estimate of drug-likeness (QED) is 0.576. The standard InChI is InChI=1S/C17H13Cl2N5O/c1-9-6-7-12-13(8-9)21-16(20-12)24-15(22-17(23-24)25-2)10-4-3-5-11(18)14(10)19/h3-8H,1-2H3,(H,20,21). The molecular formula is C17H13Cl2N5O. The Morgan fingerprint density at radius 1 is 1.12 bits per heavy atom. The summed E-state index contributed by atoms with van der Waals surface area (Å²) in [6.07, 6.45) is 0. The number of hydrogen-bond acceptors (Lipinski definition) is 4. The maximum absolute atomic E-state index is 6.35. The fourth-order valence-corrected chi connectivity index (χ4v) is 2.97. The third-order valence-electron chi connectivity index (χ3n) is 3.79. The van der Waals surface area contributed by atoms with E-state index in [4.69, 9.17) is 27.9 Å². The van der Waals surface area contributed by atoms with Gasteiger partial charge in [0.2, 0.25) is 5.95 Å². The number of nitrogens with one attached hydrogen (secondary N) is 1. The SMILES string of the molecule is COc1nc(-c2cccc(Cl)c2Cl)n(-c2nc3ccc(C)cc3[nH]2)n1. The number of hydrogen-bond donors (Lipinski definition) is 1. The molecule has 0 atom stereocenters. The lowest BCUT2D eigenvalue weighted by Gasteiger charge is -2.05. The van der Waals surface area contributed by atoms with Gasteiger partial charge in [-0.2, -0.15) is 9.67 Å². The van der Waals surface area contributed by atoms with Crippen molar-refractivity contribution in [3.8, 4) is 23.3 Å². The zero-order chi connectivity index (χ0) is 17.6. The van der Waals surface area contributed by atoms with E-state index in [0.29, 0.717) is 27.4 Å². The van der Waals surface area contributed by atoms with E-state index in [1.165, 1.54) is 7.11 Å². The van der Waals surface area contributed by atoms with Crippen LogP contribution in [0.3, 0.4) is 0 Å². The number of aromatic amines is 1. The monoisotopic (exact) mass is 373 g/mol. The first-order valence-electron chi connectivity index (χ1n) is 7.49. The fraction of sp³-hybridized carbons (Fsp3) is 0.118. The number of aromatic nitrogens is 5. The van der Waals surface area contributed by atoms with Crippen molar-refractivity contribution in [2.24, 2.45) is 0 Å². The van der Waals surface area contributed by atoms with E-state index in [0.717, 1.165) is 16.6 Å². The molecule has 2 heterocycles. The second kappa shape index (κ2) is 6.06. The minimum atomic E-state index is 0.211. The molecule has 4 aromatic rings. The molecule has 4 rings (SSSR count). The molecular weight excluding hydrogens is 361 g/mol. The Morgan fingerprint density at radius 2 is 1.96 bits per heavy atom. The Bertz CT molecular complexity index is 1090. The van der Waals surface area contributed by atoms with Gasteiger partial charge in [0.15, 0.2) is 5.82 Å². The summed E-state index contributed by atoms with van der Waals surface area (Å²) >= 11 is 12.5. The molecule has 1 N–H and O–H groups in total. The summed E-state index contributed by atoms with van der Waals surface area (Å²) in [6.45, 7) is 2.02. The molecule has 2 aromatic carbocycles. The first-order valence-corrected chi connectivity index (χ1v) is 8.24. The van der Waals surface area contributed by atoms with Crippen molar-refractivity contribution < 1.29 is 4.74 Å². The van der Waals surface area contributed by atoms with Gasteiger partial charge < -0.3 is 9.72 Å². The average molecular weight is 374 g/mol. The van der Waals surface area contributed by atoms with Crippen LogP contribution in [-0.4, -0.2) is 31.8 Å². The molecule has 0 aliphatic heterocycles. The van der Waals surface area contributed by atoms with Crippen molar-refractivity contribution in [2.45, 2.75) is 6.92 Å². The van der Waals surface area contributed by atoms with Crippen LogP contribution in [0.5, 0.6) is 6.01 Å². The van der Waals surface area contributed by atoms with E-state index in [9.17, 15) is 0 Å². The summed E-state index contributed by atoms with van der Waals surface area (Å²) < 4.78 is 6.74. The van der Waals surface area contributed by atoms with Gasteiger partial charge in [0.25, 0.3) is 0 Å². The Balaban J connectivity index is 1.94. The molecule has 0 bridgehead atoms. The van der Waals surface area contributed by atoms with Gasteiger partial charge in [0.05, 0.1) is 28.2 Å². The molecule has 0 saturated heterocycles. The highest BCUT2D eigenvalue weighted by Gasteiger charge is 2.20. The van der Waals surface area contributed by atoms with Crippen LogP contribution in [0.2, 0.25) is 10.0 Å². The molecule has 25 heavy (non-hydrogen) atoms. The predicted molar refractivity (Wildman–Crippen MR) is 97.8 cm³/mol. The van der Waals surface area contributed by atoms with Gasteiger partial charge in [-0.25, -0.2) is 4.98 Å². The number of nitrogens with zero attached hydrogens (tertiary/aromatic N) is 4. The number of halogens is 2. The summed E-state index contributed by atoms with van der Waals surface area (Å²) in [4.78, 5) is 12.2. The second-order valence-electron chi connectivity index (χ2n) is 5.52. The van der Waals surface area contributed by atoms with Gasteiger partial charge in [0.1, 0.15) is 0 Å². The predicted octanol–water partition coefficient (Wildman–Crippen LogP) is 4.43. The second-order valence-corrected chi connectivity index (χ2v) is 6.30. The Kier molecular flexibility index (Phi) is 3.86. The molecule has 0 aliphatic carbocycles. The molecule has 8 heteroatoms. The maximum atomic E-state index is 6.35. The molecule has 0 saturated carbocycles. The van der Waals surface area contributed by atoms with E-state index in [2.05, 4.69) is 20.1 Å². The lowest BCUT2D eigenvalue weighted by molar-refractivity contribution is 0.379. The number of imidazole rings is 1. The zero-order valence-corrected chi connectivity index (χ0v) is 14.9. The van der Waals surface area contributed by atoms with Crippen molar-refractivity contribution in [1.29, 1.82) is 0 Å². The van der Waals surface area contributed by atoms with Gasteiger partial charge >= 0.3 is 6.01 Å². The average Bonchev–Trinajstić information content (AvgIpc) is 3.20. The van der Waals surface area contributed by atoms with Crippen molar-refractivity contribution in [2.75, 3.05) is 7.11 Å². The van der Waals surface area contributed by atoms with E-state index in [1.807, 2.05) is 31.2 Å². The van der Waals surface area contributed by atoms with Crippen molar-refractivity contribution >= 4 is 34.2 Å².